The van der Waals surface area contributed by atoms with Gasteiger partial charge in [0.1, 0.15) is 12.2 Å². The molecule has 1 aliphatic heterocycles. The molecule has 1 saturated heterocycles. The van der Waals surface area contributed by atoms with Crippen molar-refractivity contribution in [3.05, 3.63) is 82.4 Å². The molecule has 1 N–H and O–H groups in total. The average Bonchev–Trinajstić information content (AvgIpc) is 3.28. The van der Waals surface area contributed by atoms with Gasteiger partial charge in [-0.1, -0.05) is 59.7 Å². The maximum Gasteiger partial charge on any atom is 0.510 e. The summed E-state index contributed by atoms with van der Waals surface area (Å²) in [6.07, 6.45) is -1.14. The van der Waals surface area contributed by atoms with E-state index in [-0.39, 0.29) is 30.2 Å². The molecule has 2 amide bonds. The van der Waals surface area contributed by atoms with Crippen LogP contribution in [0.3, 0.4) is 0 Å². The lowest BCUT2D eigenvalue weighted by molar-refractivity contribution is 0.0240. The van der Waals surface area contributed by atoms with Crippen molar-refractivity contribution in [3.63, 3.8) is 0 Å². The monoisotopic (exact) mass is 608 g/mol. The number of alkyl carbamates (subject to hydrolysis) is 1. The fourth-order valence-electron chi connectivity index (χ4n) is 6.25. The van der Waals surface area contributed by atoms with Crippen LogP contribution in [0, 0.1) is 13.8 Å². The fourth-order valence-corrected chi connectivity index (χ4v) is 6.25. The molecule has 0 unspecified atom stereocenters. The van der Waals surface area contributed by atoms with Crippen LogP contribution in [0.2, 0.25) is 0 Å². The third-order valence-electron chi connectivity index (χ3n) is 8.35. The van der Waals surface area contributed by atoms with Gasteiger partial charge in [0.25, 0.3) is 0 Å². The van der Waals surface area contributed by atoms with Crippen LogP contribution in [0.15, 0.2) is 54.6 Å². The Morgan fingerprint density at radius 2 is 1.48 bits per heavy atom. The van der Waals surface area contributed by atoms with Crippen molar-refractivity contribution in [3.8, 4) is 11.1 Å². The van der Waals surface area contributed by atoms with E-state index < -0.39 is 30.2 Å². The van der Waals surface area contributed by atoms with E-state index >= 15 is 0 Å². The number of nitrogens with one attached hydrogen (secondary N) is 1. The number of carbonyl (C=O) groups is 2. The number of amides is 2. The highest BCUT2D eigenvalue weighted by molar-refractivity contribution is 6.74. The molecule has 1 heterocycles. The fraction of sp³-hybridized carbons (Fsp3) is 0.394. The predicted octanol–water partition coefficient (Wildman–Crippen LogP) is 6.45. The van der Waals surface area contributed by atoms with Gasteiger partial charge in [-0.15, -0.1) is 5.46 Å². The summed E-state index contributed by atoms with van der Waals surface area (Å²) in [5, 5.41) is 2.67. The molecule has 44 heavy (non-hydrogen) atoms. The quantitative estimate of drug-likeness (QED) is 0.326. The van der Waals surface area contributed by atoms with Crippen LogP contribution in [-0.2, 0) is 16.0 Å². The van der Waals surface area contributed by atoms with Gasteiger partial charge in [0.2, 0.25) is 0 Å². The molecule has 2 aliphatic rings. The number of benzene rings is 3. The van der Waals surface area contributed by atoms with E-state index in [9.17, 15) is 22.5 Å². The maximum atomic E-state index is 14.4. The van der Waals surface area contributed by atoms with Crippen LogP contribution in [0.4, 0.5) is 28.2 Å². The summed E-state index contributed by atoms with van der Waals surface area (Å²) in [6.45, 7) is 4.31. The first-order valence-electron chi connectivity index (χ1n) is 14.9. The van der Waals surface area contributed by atoms with Crippen LogP contribution in [-0.4, -0.2) is 62.5 Å². The SMILES string of the molecule is Cc1c(CNC(=O)OCC2c3ccccc3-c3ccccc32)cc(N2CCN(C(=O)OC(C)(C)C)CC2)c(C)c1[B-](F)(F)F. The van der Waals surface area contributed by atoms with Crippen LogP contribution >= 0.6 is 0 Å². The molecule has 1 aliphatic carbocycles. The standard InChI is InChI=1S/C33H38BF3N3O4/c1-21-23(19-38-31(41)43-20-28-26-12-8-6-10-24(26)25-11-7-9-13-27(25)28)18-29(22(2)30(21)34(35,36)37)39-14-16-40(17-15-39)32(42)44-33(3,4)5/h6-13,18,28H,14-17,19-20H2,1-5H3,(H,38,41)/q-1. The number of ether oxygens (including phenoxy) is 2. The molecule has 0 aromatic heterocycles. The Hall–Kier alpha value is -4.15. The van der Waals surface area contributed by atoms with Crippen molar-refractivity contribution in [2.24, 2.45) is 0 Å². The van der Waals surface area contributed by atoms with Crippen molar-refractivity contribution in [1.29, 1.82) is 0 Å². The van der Waals surface area contributed by atoms with Gasteiger partial charge in [-0.25, -0.2) is 9.59 Å². The van der Waals surface area contributed by atoms with Crippen molar-refractivity contribution in [1.82, 2.24) is 10.2 Å². The molecular formula is C33H38BF3N3O4-. The van der Waals surface area contributed by atoms with Gasteiger partial charge in [0, 0.05) is 44.3 Å². The summed E-state index contributed by atoms with van der Waals surface area (Å²) in [6, 6.07) is 17.7. The van der Waals surface area contributed by atoms with E-state index in [1.54, 1.807) is 31.7 Å². The normalized spacial score (nSPS) is 15.1. The maximum absolute atomic E-state index is 14.4. The number of halogens is 3. The second-order valence-electron chi connectivity index (χ2n) is 12.4. The molecule has 5 rings (SSSR count). The molecule has 11 heteroatoms. The van der Waals surface area contributed by atoms with Gasteiger partial charge < -0.3 is 37.5 Å². The topological polar surface area (TPSA) is 71.1 Å². The Morgan fingerprint density at radius 3 is 2.02 bits per heavy atom. The zero-order valence-electron chi connectivity index (χ0n) is 25.8. The Bertz CT molecular complexity index is 1520. The largest absolute Gasteiger partial charge is 0.510 e. The van der Waals surface area contributed by atoms with Crippen molar-refractivity contribution in [2.45, 2.75) is 52.7 Å². The van der Waals surface area contributed by atoms with Gasteiger partial charge in [-0.05, 0) is 68.5 Å². The highest BCUT2D eigenvalue weighted by atomic mass is 19.4. The first-order chi connectivity index (χ1) is 20.7. The lowest BCUT2D eigenvalue weighted by Gasteiger charge is -2.39. The number of hydrogen-bond donors (Lipinski definition) is 1. The zero-order valence-corrected chi connectivity index (χ0v) is 25.8. The molecular weight excluding hydrogens is 570 g/mol. The molecule has 0 saturated carbocycles. The van der Waals surface area contributed by atoms with Crippen molar-refractivity contribution < 1.29 is 32.0 Å². The first-order valence-corrected chi connectivity index (χ1v) is 14.9. The van der Waals surface area contributed by atoms with Gasteiger partial charge in [0.15, 0.2) is 0 Å². The van der Waals surface area contributed by atoms with Gasteiger partial charge in [0.05, 0.1) is 0 Å². The minimum Gasteiger partial charge on any atom is -0.449 e. The van der Waals surface area contributed by atoms with E-state index in [0.717, 1.165) is 22.3 Å². The molecule has 234 valence electrons. The molecule has 3 aromatic carbocycles. The van der Waals surface area contributed by atoms with E-state index in [0.29, 0.717) is 37.4 Å². The number of anilines is 1. The van der Waals surface area contributed by atoms with E-state index in [1.807, 2.05) is 53.4 Å². The summed E-state index contributed by atoms with van der Waals surface area (Å²) in [5.41, 5.74) is 4.11. The van der Waals surface area contributed by atoms with E-state index in [4.69, 9.17) is 9.47 Å². The minimum absolute atomic E-state index is 0.0880. The molecule has 0 atom stereocenters. The summed E-state index contributed by atoms with van der Waals surface area (Å²) in [5.74, 6) is -0.125. The molecule has 1 fully saturated rings. The Labute approximate surface area is 256 Å². The number of nitrogens with zero attached hydrogens (tertiary/aromatic N) is 2. The molecule has 0 radical (unpaired) electrons. The summed E-state index contributed by atoms with van der Waals surface area (Å²) in [4.78, 5) is 28.8. The number of fused-ring (bicyclic) bond motifs is 3. The van der Waals surface area contributed by atoms with E-state index in [1.165, 1.54) is 13.8 Å². The lowest BCUT2D eigenvalue weighted by Crippen LogP contribution is -2.51. The second kappa shape index (κ2) is 12.1. The molecule has 3 aromatic rings. The number of hydrogen-bond acceptors (Lipinski definition) is 5. The predicted molar refractivity (Wildman–Crippen MR) is 167 cm³/mol. The molecule has 0 spiro atoms. The summed E-state index contributed by atoms with van der Waals surface area (Å²) < 4.78 is 54.1. The minimum atomic E-state index is -5.32. The number of carbonyl (C=O) groups excluding carboxylic acids is 2. The lowest BCUT2D eigenvalue weighted by atomic mass is 9.72. The van der Waals surface area contributed by atoms with Gasteiger partial charge in [-0.3, -0.25) is 0 Å². The zero-order chi connectivity index (χ0) is 31.8. The summed E-state index contributed by atoms with van der Waals surface area (Å²) >= 11 is 0. The van der Waals surface area contributed by atoms with Gasteiger partial charge >= 0.3 is 19.2 Å². The van der Waals surface area contributed by atoms with E-state index in [2.05, 4.69) is 5.32 Å². The molecule has 7 nitrogen and oxygen atoms in total. The highest BCUT2D eigenvalue weighted by Crippen LogP contribution is 2.44. The molecule has 0 bridgehead atoms. The Morgan fingerprint density at radius 1 is 0.909 bits per heavy atom. The Balaban J connectivity index is 1.29. The van der Waals surface area contributed by atoms with Crippen LogP contribution in [0.25, 0.3) is 11.1 Å². The summed E-state index contributed by atoms with van der Waals surface area (Å²) in [7, 11) is 0. The third-order valence-corrected chi connectivity index (χ3v) is 8.35. The van der Waals surface area contributed by atoms with Gasteiger partial charge in [-0.2, -0.15) is 0 Å². The highest BCUT2D eigenvalue weighted by Gasteiger charge is 2.34. The van der Waals surface area contributed by atoms with Crippen LogP contribution in [0.1, 0.15) is 54.5 Å². The second-order valence-corrected chi connectivity index (χ2v) is 12.4. The van der Waals surface area contributed by atoms with Crippen LogP contribution < -0.4 is 15.7 Å². The van der Waals surface area contributed by atoms with Crippen molar-refractivity contribution in [2.75, 3.05) is 37.7 Å². The smallest absolute Gasteiger partial charge is 0.449 e. The first kappa shape index (κ1) is 31.3. The number of rotatable bonds is 6. The number of piperazine rings is 1. The Kier molecular flexibility index (Phi) is 8.60. The van der Waals surface area contributed by atoms with Crippen LogP contribution in [0.5, 0.6) is 0 Å². The average molecular weight is 608 g/mol. The van der Waals surface area contributed by atoms with Crippen molar-refractivity contribution >= 4 is 30.3 Å². The third kappa shape index (κ3) is 6.51.